The molecule has 54 heavy (non-hydrogen) atoms. The normalized spacial score (nSPS) is 17.0. The van der Waals surface area contributed by atoms with E-state index in [4.69, 9.17) is 14.9 Å². The first-order valence-corrected chi connectivity index (χ1v) is 18.0. The molecule has 1 fully saturated rings. The molecular weight excluding hydrogens is 710 g/mol. The number of nitrogens with zero attached hydrogens (tertiary/aromatic N) is 3. The number of hydrogen-bond acceptors (Lipinski definition) is 13. The molecule has 0 aromatic carbocycles. The Labute approximate surface area is 315 Å². The number of ether oxygens (including phenoxy) is 1. The third kappa shape index (κ3) is 19.0. The van der Waals surface area contributed by atoms with E-state index in [0.29, 0.717) is 38.3 Å². The van der Waals surface area contributed by atoms with Crippen molar-refractivity contribution in [3.05, 3.63) is 34.9 Å². The molecule has 5 amide bonds. The average Bonchev–Trinajstić information content (AvgIpc) is 3.09. The fraction of sp³-hybridized carbons (Fsp3) is 0.639. The van der Waals surface area contributed by atoms with E-state index < -0.39 is 47.6 Å². The molecule has 0 bridgehead atoms. The fourth-order valence-corrected chi connectivity index (χ4v) is 5.36. The van der Waals surface area contributed by atoms with Crippen LogP contribution in [0.25, 0.3) is 0 Å². The summed E-state index contributed by atoms with van der Waals surface area (Å²) in [7, 11) is 0. The number of hydroxylamine groups is 6. The average molecular weight is 768 g/mol. The first-order valence-electron chi connectivity index (χ1n) is 18.0. The maximum atomic E-state index is 12.7. The van der Waals surface area contributed by atoms with E-state index in [9.17, 15) is 49.2 Å². The van der Waals surface area contributed by atoms with Gasteiger partial charge >= 0.3 is 5.97 Å². The van der Waals surface area contributed by atoms with Crippen molar-refractivity contribution >= 4 is 41.3 Å². The van der Waals surface area contributed by atoms with Gasteiger partial charge < -0.3 is 25.6 Å². The van der Waals surface area contributed by atoms with Crippen molar-refractivity contribution in [3.8, 4) is 0 Å². The van der Waals surface area contributed by atoms with Gasteiger partial charge in [-0.15, -0.1) is 0 Å². The van der Waals surface area contributed by atoms with Gasteiger partial charge in [-0.3, -0.25) is 44.4 Å². The van der Waals surface area contributed by atoms with Gasteiger partial charge in [0.05, 0.1) is 12.6 Å². The molecule has 0 spiro atoms. The Kier molecular flexibility index (Phi) is 22.5. The van der Waals surface area contributed by atoms with E-state index in [2.05, 4.69) is 10.6 Å². The Hall–Kier alpha value is -4.49. The molecule has 0 saturated carbocycles. The highest BCUT2D eigenvalue weighted by atomic mass is 16.5. The Balaban J connectivity index is 2.47. The summed E-state index contributed by atoms with van der Waals surface area (Å²) in [6.07, 6.45) is 5.40. The minimum atomic E-state index is -1.05. The number of nitrogens with one attached hydrogen (secondary N) is 2. The van der Waals surface area contributed by atoms with Crippen molar-refractivity contribution in [3.63, 3.8) is 0 Å². The monoisotopic (exact) mass is 767 g/mol. The van der Waals surface area contributed by atoms with E-state index in [-0.39, 0.29) is 109 Å². The molecule has 18 nitrogen and oxygen atoms in total. The van der Waals surface area contributed by atoms with Crippen LogP contribution in [0.1, 0.15) is 91.9 Å². The molecule has 1 saturated heterocycles. The number of rotatable bonds is 24. The predicted molar refractivity (Wildman–Crippen MR) is 191 cm³/mol. The number of carbonyl (C=O) groups excluding carboxylic acids is 7. The Bertz CT molecular complexity index is 1400. The summed E-state index contributed by atoms with van der Waals surface area (Å²) < 4.78 is 5.26. The third-order valence-corrected chi connectivity index (χ3v) is 8.46. The number of aliphatic hydroxyl groups is 2. The zero-order valence-electron chi connectivity index (χ0n) is 31.6. The van der Waals surface area contributed by atoms with Gasteiger partial charge in [0.1, 0.15) is 6.04 Å². The topological polar surface area (TPSA) is 264 Å². The number of hydrogen-bond donors (Lipinski definition) is 7. The first-order chi connectivity index (χ1) is 25.5. The fourth-order valence-electron chi connectivity index (χ4n) is 5.36. The second kappa shape index (κ2) is 25.5. The van der Waals surface area contributed by atoms with Crippen LogP contribution in [0.5, 0.6) is 0 Å². The van der Waals surface area contributed by atoms with Crippen LogP contribution in [0.4, 0.5) is 0 Å². The molecule has 1 aliphatic rings. The van der Waals surface area contributed by atoms with Crippen molar-refractivity contribution in [1.29, 1.82) is 0 Å². The van der Waals surface area contributed by atoms with E-state index in [0.717, 1.165) is 6.08 Å². The molecular formula is C36H57N5O13. The number of carbonyl (C=O) groups is 7. The summed E-state index contributed by atoms with van der Waals surface area (Å²) in [5.74, 6) is -4.49. The Morgan fingerprint density at radius 3 is 1.70 bits per heavy atom. The third-order valence-electron chi connectivity index (χ3n) is 8.46. The molecule has 1 rings (SSSR count). The molecule has 0 aromatic rings. The minimum Gasteiger partial charge on any atom is -0.464 e. The number of Topliss-reactive ketones (excluding diaryl/α,β-unsaturated/α-hetero) is 1. The lowest BCUT2D eigenvalue weighted by molar-refractivity contribution is -0.160. The van der Waals surface area contributed by atoms with Gasteiger partial charge in [-0.05, 0) is 72.1 Å². The van der Waals surface area contributed by atoms with Crippen molar-refractivity contribution in [1.82, 2.24) is 25.8 Å². The number of piperidine rings is 1. The van der Waals surface area contributed by atoms with Crippen LogP contribution in [0.3, 0.4) is 0 Å². The summed E-state index contributed by atoms with van der Waals surface area (Å²) in [5.41, 5.74) is 1.66. The summed E-state index contributed by atoms with van der Waals surface area (Å²) in [5, 5.41) is 54.6. The summed E-state index contributed by atoms with van der Waals surface area (Å²) >= 11 is 0. The smallest absolute Gasteiger partial charge is 0.328 e. The van der Waals surface area contributed by atoms with Gasteiger partial charge in [0.15, 0.2) is 5.78 Å². The van der Waals surface area contributed by atoms with Gasteiger partial charge in [0.2, 0.25) is 11.8 Å². The van der Waals surface area contributed by atoms with Crippen molar-refractivity contribution in [2.24, 2.45) is 5.92 Å². The van der Waals surface area contributed by atoms with Crippen molar-refractivity contribution in [2.45, 2.75) is 104 Å². The van der Waals surface area contributed by atoms with E-state index >= 15 is 0 Å². The lowest BCUT2D eigenvalue weighted by Gasteiger charge is -2.28. The lowest BCUT2D eigenvalue weighted by Crippen LogP contribution is -2.50. The quantitative estimate of drug-likeness (QED) is 0.0314. The molecule has 3 unspecified atom stereocenters. The summed E-state index contributed by atoms with van der Waals surface area (Å²) in [4.78, 5) is 86.1. The van der Waals surface area contributed by atoms with Gasteiger partial charge in [-0.1, -0.05) is 16.7 Å². The molecule has 3 atom stereocenters. The minimum absolute atomic E-state index is 0.0236. The predicted octanol–water partition coefficient (Wildman–Crippen LogP) is 1.10. The molecule has 18 heteroatoms. The Morgan fingerprint density at radius 1 is 0.759 bits per heavy atom. The number of aliphatic hydroxyl groups excluding tert-OH is 2. The highest BCUT2D eigenvalue weighted by Gasteiger charge is 2.33. The zero-order chi connectivity index (χ0) is 40.8. The van der Waals surface area contributed by atoms with Crippen LogP contribution in [0, 0.1) is 5.92 Å². The second-order valence-corrected chi connectivity index (χ2v) is 13.3. The lowest BCUT2D eigenvalue weighted by atomic mass is 9.87. The van der Waals surface area contributed by atoms with Gasteiger partial charge in [-0.25, -0.2) is 20.0 Å². The largest absolute Gasteiger partial charge is 0.464 e. The number of ketones is 1. The van der Waals surface area contributed by atoms with Crippen molar-refractivity contribution in [2.75, 3.05) is 39.5 Å². The molecule has 1 heterocycles. The van der Waals surface area contributed by atoms with Gasteiger partial charge in [-0.2, -0.15) is 0 Å². The highest BCUT2D eigenvalue weighted by Crippen LogP contribution is 2.20. The molecule has 304 valence electrons. The highest BCUT2D eigenvalue weighted by molar-refractivity contribution is 5.96. The maximum absolute atomic E-state index is 12.7. The summed E-state index contributed by atoms with van der Waals surface area (Å²) in [6.45, 7) is 5.41. The van der Waals surface area contributed by atoms with Crippen LogP contribution >= 0.6 is 0 Å². The van der Waals surface area contributed by atoms with Crippen LogP contribution in [0.2, 0.25) is 0 Å². The van der Waals surface area contributed by atoms with E-state index in [1.165, 1.54) is 19.1 Å². The molecule has 0 radical (unpaired) electrons. The molecule has 0 aliphatic carbocycles. The van der Waals surface area contributed by atoms with Gasteiger partial charge in [0, 0.05) is 76.8 Å². The van der Waals surface area contributed by atoms with E-state index in [1.807, 2.05) is 0 Å². The Morgan fingerprint density at radius 2 is 1.22 bits per heavy atom. The second-order valence-electron chi connectivity index (χ2n) is 13.3. The van der Waals surface area contributed by atoms with Crippen LogP contribution in [-0.2, 0) is 38.3 Å². The van der Waals surface area contributed by atoms with Crippen molar-refractivity contribution < 1.29 is 64.1 Å². The summed E-state index contributed by atoms with van der Waals surface area (Å²) in [6, 6.07) is -1.80. The molecule has 7 N–H and O–H groups in total. The van der Waals surface area contributed by atoms with Crippen LogP contribution in [0.15, 0.2) is 34.9 Å². The zero-order valence-corrected chi connectivity index (χ0v) is 31.6. The van der Waals surface area contributed by atoms with E-state index in [1.54, 1.807) is 20.8 Å². The SMILES string of the molecule is CC(=O)NC(CCCN(O)C(=O)/C=C(\C)CCO)C(=O)OCC/C(C)=C\C(=O)N(O)CCCC1CC(=O)C(CCCN(O)C(=O)/C=C(/C)CCO)NC1=O. The molecule has 1 aliphatic heterocycles. The first kappa shape index (κ1) is 47.5. The van der Waals surface area contributed by atoms with Gasteiger partial charge in [0.25, 0.3) is 17.7 Å². The van der Waals surface area contributed by atoms with Crippen LogP contribution in [-0.4, -0.2) is 134 Å². The number of esters is 1. The maximum Gasteiger partial charge on any atom is 0.328 e. The number of amides is 5. The molecule has 0 aromatic heterocycles. The standard InChI is InChI=1S/C36H57N5O13/c1-24(11-17-42)20-32(46)40(52)15-6-9-29-31(45)23-28(35(49)38-29)8-5-14-39(51)34(48)22-26(3)13-19-54-36(50)30(37-27(4)44)10-7-16-41(53)33(47)21-25(2)12-18-43/h20-22,28-30,42-43,51-53H,5-19,23H2,1-4H3,(H,37,44)(H,38,49)/b24-20-,25-21+,26-22-. The van der Waals surface area contributed by atoms with Crippen LogP contribution < -0.4 is 10.6 Å².